The number of guanidine groups is 1. The second-order valence-electron chi connectivity index (χ2n) is 5.88. The number of nitrogens with zero attached hydrogens (tertiary/aromatic N) is 1. The van der Waals surface area contributed by atoms with E-state index in [1.165, 1.54) is 6.07 Å². The number of aryl methyl sites for hydroxylation is 1. The average molecular weight is 377 g/mol. The number of hydrogen-bond donors (Lipinski definition) is 3. The van der Waals surface area contributed by atoms with E-state index in [4.69, 9.17) is 0 Å². The van der Waals surface area contributed by atoms with Crippen molar-refractivity contribution < 1.29 is 18.6 Å². The van der Waals surface area contributed by atoms with Gasteiger partial charge in [0.2, 0.25) is 0 Å². The van der Waals surface area contributed by atoms with Crippen LogP contribution >= 0.6 is 0 Å². The molecule has 0 aliphatic heterocycles. The molecule has 0 aliphatic carbocycles. The lowest BCUT2D eigenvalue weighted by molar-refractivity contribution is -0.0504. The van der Waals surface area contributed by atoms with Crippen molar-refractivity contribution in [1.29, 1.82) is 0 Å². The maximum atomic E-state index is 12.5. The van der Waals surface area contributed by atoms with Crippen molar-refractivity contribution in [2.75, 3.05) is 13.1 Å². The minimum Gasteiger partial charge on any atom is -0.508 e. The van der Waals surface area contributed by atoms with Crippen LogP contribution in [0.3, 0.4) is 0 Å². The number of aliphatic imine (C=N–C) groups is 1. The first kappa shape index (κ1) is 20.5. The Bertz CT molecular complexity index is 721. The van der Waals surface area contributed by atoms with Gasteiger partial charge in [-0.2, -0.15) is 8.78 Å². The highest BCUT2D eigenvalue weighted by molar-refractivity contribution is 5.79. The largest absolute Gasteiger partial charge is 0.508 e. The third-order valence-corrected chi connectivity index (χ3v) is 3.81. The van der Waals surface area contributed by atoms with Crippen LogP contribution in [-0.2, 0) is 13.0 Å². The van der Waals surface area contributed by atoms with E-state index in [0.29, 0.717) is 24.6 Å². The number of hydrogen-bond acceptors (Lipinski definition) is 3. The van der Waals surface area contributed by atoms with Crippen LogP contribution in [-0.4, -0.2) is 30.8 Å². The summed E-state index contributed by atoms with van der Waals surface area (Å²) in [6.45, 7) is 0.736. The molecule has 2 aromatic carbocycles. The van der Waals surface area contributed by atoms with Crippen molar-refractivity contribution in [2.24, 2.45) is 4.99 Å². The van der Waals surface area contributed by atoms with Crippen LogP contribution in [0.4, 0.5) is 8.78 Å². The normalized spacial score (nSPS) is 11.5. The monoisotopic (exact) mass is 377 g/mol. The van der Waals surface area contributed by atoms with Crippen molar-refractivity contribution in [1.82, 2.24) is 10.6 Å². The number of rotatable bonds is 9. The molecule has 0 radical (unpaired) electrons. The van der Waals surface area contributed by atoms with Gasteiger partial charge in [0.05, 0.1) is 6.54 Å². The Labute approximate surface area is 158 Å². The van der Waals surface area contributed by atoms with Crippen LogP contribution in [0.1, 0.15) is 24.5 Å². The first-order chi connectivity index (χ1) is 13.1. The zero-order valence-corrected chi connectivity index (χ0v) is 15.3. The van der Waals surface area contributed by atoms with Gasteiger partial charge < -0.3 is 20.5 Å². The third-order valence-electron chi connectivity index (χ3n) is 3.81. The van der Waals surface area contributed by atoms with E-state index in [2.05, 4.69) is 20.4 Å². The molecule has 0 bridgehead atoms. The Hall–Kier alpha value is -2.83. The lowest BCUT2D eigenvalue weighted by Gasteiger charge is -2.13. The number of benzene rings is 2. The van der Waals surface area contributed by atoms with Crippen molar-refractivity contribution in [3.63, 3.8) is 0 Å². The van der Waals surface area contributed by atoms with Crippen molar-refractivity contribution >= 4 is 5.96 Å². The van der Waals surface area contributed by atoms with Gasteiger partial charge in [-0.25, -0.2) is 4.99 Å². The molecule has 0 aromatic heterocycles. The fraction of sp³-hybridized carbons (Fsp3) is 0.350. The number of phenolic OH excluding ortho intramolecular Hbond substituents is 1. The number of alkyl halides is 2. The number of para-hydroxylation sites is 1. The SMILES string of the molecule is CCNC(=NCc1ccccc1OC(F)F)NCCCc1ccc(O)cc1. The zero-order chi connectivity index (χ0) is 19.5. The smallest absolute Gasteiger partial charge is 0.387 e. The second kappa shape index (κ2) is 11.0. The van der Waals surface area contributed by atoms with E-state index in [9.17, 15) is 13.9 Å². The Balaban J connectivity index is 1.87. The summed E-state index contributed by atoms with van der Waals surface area (Å²) in [5.41, 5.74) is 1.74. The summed E-state index contributed by atoms with van der Waals surface area (Å²) in [6, 6.07) is 13.8. The van der Waals surface area contributed by atoms with Crippen LogP contribution < -0.4 is 15.4 Å². The number of nitrogens with one attached hydrogen (secondary N) is 2. The summed E-state index contributed by atoms with van der Waals surface area (Å²) in [7, 11) is 0. The highest BCUT2D eigenvalue weighted by Crippen LogP contribution is 2.20. The average Bonchev–Trinajstić information content (AvgIpc) is 2.65. The first-order valence-corrected chi connectivity index (χ1v) is 8.91. The number of ether oxygens (including phenoxy) is 1. The molecule has 0 saturated heterocycles. The summed E-state index contributed by atoms with van der Waals surface area (Å²) in [6.07, 6.45) is 1.76. The molecule has 2 aromatic rings. The molecule has 0 unspecified atom stereocenters. The molecule has 2 rings (SSSR count). The lowest BCUT2D eigenvalue weighted by Crippen LogP contribution is -2.37. The molecule has 0 fully saturated rings. The molecule has 3 N–H and O–H groups in total. The molecule has 0 saturated carbocycles. The third kappa shape index (κ3) is 7.52. The van der Waals surface area contributed by atoms with E-state index in [1.54, 1.807) is 30.3 Å². The van der Waals surface area contributed by atoms with Crippen LogP contribution in [0.25, 0.3) is 0 Å². The van der Waals surface area contributed by atoms with E-state index in [1.807, 2.05) is 19.1 Å². The lowest BCUT2D eigenvalue weighted by atomic mass is 10.1. The molecular weight excluding hydrogens is 352 g/mol. The van der Waals surface area contributed by atoms with E-state index >= 15 is 0 Å². The second-order valence-corrected chi connectivity index (χ2v) is 5.88. The van der Waals surface area contributed by atoms with Crippen LogP contribution in [0.5, 0.6) is 11.5 Å². The summed E-state index contributed by atoms with van der Waals surface area (Å²) < 4.78 is 29.5. The minimum atomic E-state index is -2.86. The topological polar surface area (TPSA) is 65.9 Å². The molecule has 0 aliphatic rings. The van der Waals surface area contributed by atoms with Gasteiger partial charge in [-0.3, -0.25) is 0 Å². The summed E-state index contributed by atoms with van der Waals surface area (Å²) in [4.78, 5) is 4.44. The molecule has 5 nitrogen and oxygen atoms in total. The Morgan fingerprint density at radius 3 is 2.56 bits per heavy atom. The van der Waals surface area contributed by atoms with Gasteiger partial charge in [0.25, 0.3) is 0 Å². The van der Waals surface area contributed by atoms with Crippen molar-refractivity contribution in [3.05, 3.63) is 59.7 Å². The van der Waals surface area contributed by atoms with Gasteiger partial charge in [-0.05, 0) is 43.5 Å². The van der Waals surface area contributed by atoms with Crippen LogP contribution in [0.2, 0.25) is 0 Å². The molecule has 0 amide bonds. The first-order valence-electron chi connectivity index (χ1n) is 8.91. The Kier molecular flexibility index (Phi) is 8.35. The van der Waals surface area contributed by atoms with Gasteiger partial charge in [0.15, 0.2) is 5.96 Å². The molecule has 0 heterocycles. The molecule has 0 spiro atoms. The van der Waals surface area contributed by atoms with Crippen LogP contribution in [0.15, 0.2) is 53.5 Å². The van der Waals surface area contributed by atoms with Gasteiger partial charge in [0.1, 0.15) is 11.5 Å². The highest BCUT2D eigenvalue weighted by atomic mass is 19.3. The van der Waals surface area contributed by atoms with Crippen LogP contribution in [0, 0.1) is 0 Å². The Morgan fingerprint density at radius 1 is 1.11 bits per heavy atom. The maximum Gasteiger partial charge on any atom is 0.387 e. The predicted octanol–water partition coefficient (Wildman–Crippen LogP) is 3.68. The van der Waals surface area contributed by atoms with E-state index < -0.39 is 6.61 Å². The molecule has 146 valence electrons. The minimum absolute atomic E-state index is 0.138. The van der Waals surface area contributed by atoms with Gasteiger partial charge >= 0.3 is 6.61 Å². The number of halogens is 2. The number of phenols is 1. The summed E-state index contributed by atoms with van der Waals surface area (Å²) in [5, 5.41) is 15.7. The fourth-order valence-corrected chi connectivity index (χ4v) is 2.51. The molecule has 27 heavy (non-hydrogen) atoms. The summed E-state index contributed by atoms with van der Waals surface area (Å²) in [5.74, 6) is 1.02. The van der Waals surface area contributed by atoms with E-state index in [-0.39, 0.29) is 18.0 Å². The fourth-order valence-electron chi connectivity index (χ4n) is 2.51. The van der Waals surface area contributed by atoms with Gasteiger partial charge in [0, 0.05) is 18.7 Å². The van der Waals surface area contributed by atoms with E-state index in [0.717, 1.165) is 18.4 Å². The molecular formula is C20H25F2N3O2. The number of aromatic hydroxyl groups is 1. The Morgan fingerprint density at radius 2 is 1.85 bits per heavy atom. The predicted molar refractivity (Wildman–Crippen MR) is 102 cm³/mol. The standard InChI is InChI=1S/C20H25F2N3O2/c1-2-23-20(24-13-5-6-15-9-11-17(26)12-10-15)25-14-16-7-3-4-8-18(16)27-19(21)22/h3-4,7-12,19,26H,2,5-6,13-14H2,1H3,(H2,23,24,25). The van der Waals surface area contributed by atoms with Crippen molar-refractivity contribution in [3.8, 4) is 11.5 Å². The molecule has 0 atom stereocenters. The summed E-state index contributed by atoms with van der Waals surface area (Å²) >= 11 is 0. The zero-order valence-electron chi connectivity index (χ0n) is 15.3. The molecule has 7 heteroatoms. The van der Waals surface area contributed by atoms with Gasteiger partial charge in [-0.15, -0.1) is 0 Å². The maximum absolute atomic E-state index is 12.5. The van der Waals surface area contributed by atoms with Crippen molar-refractivity contribution in [2.45, 2.75) is 32.9 Å². The highest BCUT2D eigenvalue weighted by Gasteiger charge is 2.09. The quantitative estimate of drug-likeness (QED) is 0.354. The van der Waals surface area contributed by atoms with Gasteiger partial charge in [-0.1, -0.05) is 30.3 Å².